The fraction of sp³-hybridized carbons (Fsp3) is 0.911. The van der Waals surface area contributed by atoms with Crippen molar-refractivity contribution in [3.8, 4) is 0 Å². The van der Waals surface area contributed by atoms with Gasteiger partial charge in [-0.15, -0.1) is 0 Å². The Morgan fingerprint density at radius 2 is 0.532 bits per heavy atom. The molecule has 62 heavy (non-hydrogen) atoms. The maximum absolute atomic E-state index is 12.8. The molecule has 1 atom stereocenters. The summed E-state index contributed by atoms with van der Waals surface area (Å²) >= 11 is 0. The average molecular weight is 875 g/mol. The third-order valence-electron chi connectivity index (χ3n) is 12.5. The van der Waals surface area contributed by atoms with Gasteiger partial charge in [0.1, 0.15) is 13.2 Å². The smallest absolute Gasteiger partial charge is 0.306 e. The minimum absolute atomic E-state index is 0.0670. The summed E-state index contributed by atoms with van der Waals surface area (Å²) in [6, 6.07) is 0. The van der Waals surface area contributed by atoms with E-state index in [-0.39, 0.29) is 31.1 Å². The van der Waals surface area contributed by atoms with Gasteiger partial charge in [0.05, 0.1) is 0 Å². The molecule has 0 aliphatic heterocycles. The molecule has 0 radical (unpaired) electrons. The summed E-state index contributed by atoms with van der Waals surface area (Å²) in [6.45, 7) is 6.66. The van der Waals surface area contributed by atoms with Gasteiger partial charge in [0, 0.05) is 19.3 Å². The Kier molecular flexibility index (Phi) is 50.2. The largest absolute Gasteiger partial charge is 0.462 e. The van der Waals surface area contributed by atoms with Gasteiger partial charge in [-0.05, 0) is 44.9 Å². The summed E-state index contributed by atoms with van der Waals surface area (Å²) < 4.78 is 16.8. The van der Waals surface area contributed by atoms with Crippen molar-refractivity contribution in [2.45, 2.75) is 316 Å². The van der Waals surface area contributed by atoms with Gasteiger partial charge in [0.2, 0.25) is 0 Å². The molecule has 0 unspecified atom stereocenters. The van der Waals surface area contributed by atoms with E-state index in [1.165, 1.54) is 205 Å². The van der Waals surface area contributed by atoms with Crippen molar-refractivity contribution < 1.29 is 28.6 Å². The first-order valence-electron chi connectivity index (χ1n) is 27.7. The van der Waals surface area contributed by atoms with E-state index in [2.05, 4.69) is 32.9 Å². The van der Waals surface area contributed by atoms with E-state index in [9.17, 15) is 14.4 Å². The van der Waals surface area contributed by atoms with Gasteiger partial charge in [-0.25, -0.2) is 0 Å². The first-order valence-corrected chi connectivity index (χ1v) is 27.7. The minimum Gasteiger partial charge on any atom is -0.462 e. The fourth-order valence-electron chi connectivity index (χ4n) is 8.32. The molecule has 0 saturated heterocycles. The summed E-state index contributed by atoms with van der Waals surface area (Å²) in [5.74, 6) is -0.856. The van der Waals surface area contributed by atoms with E-state index < -0.39 is 6.10 Å². The lowest BCUT2D eigenvalue weighted by atomic mass is 10.0. The predicted octanol–water partition coefficient (Wildman–Crippen LogP) is 18.2. The van der Waals surface area contributed by atoms with Gasteiger partial charge in [-0.1, -0.05) is 258 Å². The quantitative estimate of drug-likeness (QED) is 0.0262. The van der Waals surface area contributed by atoms with Gasteiger partial charge in [-0.3, -0.25) is 14.4 Å². The van der Waals surface area contributed by atoms with Gasteiger partial charge in [0.25, 0.3) is 0 Å². The summed E-state index contributed by atoms with van der Waals surface area (Å²) in [5, 5.41) is 0. The van der Waals surface area contributed by atoms with Gasteiger partial charge in [-0.2, -0.15) is 0 Å². The van der Waals surface area contributed by atoms with Crippen molar-refractivity contribution in [2.75, 3.05) is 13.2 Å². The molecule has 0 heterocycles. The SMILES string of the molecule is CCCCCC/C=C\CCCCCCCC(=O)OC[C@H](COC(=O)CCCCCCCCCCCCCC)OC(=O)CCCCCCCCCCCCCCCCCCCCC. The second-order valence-electron chi connectivity index (χ2n) is 18.9. The normalized spacial score (nSPS) is 12.0. The van der Waals surface area contributed by atoms with E-state index in [1.807, 2.05) is 0 Å². The van der Waals surface area contributed by atoms with Crippen LogP contribution in [-0.4, -0.2) is 37.2 Å². The molecule has 0 aromatic carbocycles. The Bertz CT molecular complexity index is 962. The maximum atomic E-state index is 12.8. The standard InChI is InChI=1S/C56H106O6/c1-4-7-10-13-16-19-22-25-26-27-28-29-30-32-35-38-41-44-47-50-56(59)62-53(51-60-54(57)48-45-42-39-36-33-24-21-18-15-12-9-6-3)52-61-55(58)49-46-43-40-37-34-31-23-20-17-14-11-8-5-2/h20,23,53H,4-19,21-22,24-52H2,1-3H3/b23-20-/t53-/m0/s1. The third-order valence-corrected chi connectivity index (χ3v) is 12.5. The Labute approximate surface area is 386 Å². The molecular formula is C56H106O6. The summed E-state index contributed by atoms with van der Waals surface area (Å²) in [5.41, 5.74) is 0. The highest BCUT2D eigenvalue weighted by Gasteiger charge is 2.19. The number of hydrogen-bond donors (Lipinski definition) is 0. The molecule has 0 rings (SSSR count). The highest BCUT2D eigenvalue weighted by molar-refractivity contribution is 5.71. The molecule has 0 N–H and O–H groups in total. The predicted molar refractivity (Wildman–Crippen MR) is 266 cm³/mol. The van der Waals surface area contributed by atoms with Crippen molar-refractivity contribution in [1.29, 1.82) is 0 Å². The molecule has 0 spiro atoms. The summed E-state index contributed by atoms with van der Waals surface area (Å²) in [4.78, 5) is 38.0. The van der Waals surface area contributed by atoms with Crippen LogP contribution in [0, 0.1) is 0 Å². The van der Waals surface area contributed by atoms with E-state index >= 15 is 0 Å². The van der Waals surface area contributed by atoms with Gasteiger partial charge >= 0.3 is 17.9 Å². The van der Waals surface area contributed by atoms with E-state index in [4.69, 9.17) is 14.2 Å². The topological polar surface area (TPSA) is 78.9 Å². The van der Waals surface area contributed by atoms with Crippen LogP contribution in [0.2, 0.25) is 0 Å². The van der Waals surface area contributed by atoms with Crippen molar-refractivity contribution in [2.24, 2.45) is 0 Å². The second kappa shape index (κ2) is 51.8. The zero-order chi connectivity index (χ0) is 45.1. The van der Waals surface area contributed by atoms with Crippen molar-refractivity contribution in [1.82, 2.24) is 0 Å². The first kappa shape index (κ1) is 60.2. The van der Waals surface area contributed by atoms with Crippen molar-refractivity contribution in [3.05, 3.63) is 12.2 Å². The molecule has 0 saturated carbocycles. The molecule has 0 aromatic heterocycles. The average Bonchev–Trinajstić information content (AvgIpc) is 3.27. The fourth-order valence-corrected chi connectivity index (χ4v) is 8.32. The zero-order valence-electron chi connectivity index (χ0n) is 41.9. The number of rotatable bonds is 51. The van der Waals surface area contributed by atoms with E-state index in [0.717, 1.165) is 64.2 Å². The molecule has 0 aliphatic carbocycles. The lowest BCUT2D eigenvalue weighted by Crippen LogP contribution is -2.30. The third kappa shape index (κ3) is 49.2. The molecular weight excluding hydrogens is 769 g/mol. The second-order valence-corrected chi connectivity index (χ2v) is 18.9. The summed E-state index contributed by atoms with van der Waals surface area (Å²) in [7, 11) is 0. The molecule has 0 bridgehead atoms. The number of esters is 3. The molecule has 0 fully saturated rings. The Morgan fingerprint density at radius 3 is 0.823 bits per heavy atom. The van der Waals surface area contributed by atoms with Crippen LogP contribution in [0.4, 0.5) is 0 Å². The van der Waals surface area contributed by atoms with Crippen molar-refractivity contribution >= 4 is 17.9 Å². The number of unbranched alkanes of at least 4 members (excludes halogenated alkanes) is 38. The van der Waals surface area contributed by atoms with Crippen LogP contribution in [0.25, 0.3) is 0 Å². The molecule has 0 aromatic rings. The highest BCUT2D eigenvalue weighted by atomic mass is 16.6. The van der Waals surface area contributed by atoms with Crippen LogP contribution in [0.15, 0.2) is 12.2 Å². The first-order chi connectivity index (χ1) is 30.5. The molecule has 6 nitrogen and oxygen atoms in total. The van der Waals surface area contributed by atoms with Crippen LogP contribution < -0.4 is 0 Å². The van der Waals surface area contributed by atoms with Gasteiger partial charge < -0.3 is 14.2 Å². The van der Waals surface area contributed by atoms with Crippen LogP contribution in [0.1, 0.15) is 310 Å². The number of ether oxygens (including phenoxy) is 3. The Morgan fingerprint density at radius 1 is 0.306 bits per heavy atom. The number of allylic oxidation sites excluding steroid dienone is 2. The number of hydrogen-bond acceptors (Lipinski definition) is 6. The van der Waals surface area contributed by atoms with E-state index in [0.29, 0.717) is 19.3 Å². The number of carbonyl (C=O) groups is 3. The minimum atomic E-state index is -0.766. The van der Waals surface area contributed by atoms with Gasteiger partial charge in [0.15, 0.2) is 6.10 Å². The van der Waals surface area contributed by atoms with E-state index in [1.54, 1.807) is 0 Å². The van der Waals surface area contributed by atoms with Crippen molar-refractivity contribution in [3.63, 3.8) is 0 Å². The maximum Gasteiger partial charge on any atom is 0.306 e. The van der Waals surface area contributed by atoms with Crippen LogP contribution in [0.5, 0.6) is 0 Å². The lowest BCUT2D eigenvalue weighted by molar-refractivity contribution is -0.167. The Balaban J connectivity index is 4.29. The van der Waals surface area contributed by atoms with Crippen LogP contribution in [0.3, 0.4) is 0 Å². The highest BCUT2D eigenvalue weighted by Crippen LogP contribution is 2.17. The number of carbonyl (C=O) groups excluding carboxylic acids is 3. The zero-order valence-corrected chi connectivity index (χ0v) is 41.9. The molecule has 6 heteroatoms. The Hall–Kier alpha value is -1.85. The summed E-state index contributed by atoms with van der Waals surface area (Å²) in [6.07, 6.45) is 57.7. The lowest BCUT2D eigenvalue weighted by Gasteiger charge is -2.18. The molecule has 366 valence electrons. The monoisotopic (exact) mass is 875 g/mol. The van der Waals surface area contributed by atoms with Crippen LogP contribution in [-0.2, 0) is 28.6 Å². The molecule has 0 amide bonds. The van der Waals surface area contributed by atoms with Crippen LogP contribution >= 0.6 is 0 Å². The molecule has 0 aliphatic rings.